The van der Waals surface area contributed by atoms with Gasteiger partial charge in [0.2, 0.25) is 0 Å². The van der Waals surface area contributed by atoms with Gasteiger partial charge in [-0.25, -0.2) is 14.6 Å². The van der Waals surface area contributed by atoms with Crippen molar-refractivity contribution in [2.75, 3.05) is 5.32 Å². The smallest absolute Gasteiger partial charge is 0.253 e. The molecule has 1 aliphatic carbocycles. The van der Waals surface area contributed by atoms with Crippen LogP contribution in [0.15, 0.2) is 54.7 Å². The lowest BCUT2D eigenvalue weighted by molar-refractivity contribution is 0.0926. The number of carbonyl (C=O) groups is 1. The van der Waals surface area contributed by atoms with E-state index in [1.165, 1.54) is 0 Å². The highest BCUT2D eigenvalue weighted by atomic mass is 35.5. The molecule has 7 nitrogen and oxygen atoms in total. The first-order chi connectivity index (χ1) is 17.4. The van der Waals surface area contributed by atoms with Crippen molar-refractivity contribution in [3.05, 3.63) is 76.2 Å². The molecule has 0 unspecified atom stereocenters. The minimum atomic E-state index is -0.121. The average Bonchev–Trinajstić information content (AvgIpc) is 3.30. The van der Waals surface area contributed by atoms with E-state index in [1.807, 2.05) is 36.4 Å². The molecule has 1 fully saturated rings. The van der Waals surface area contributed by atoms with Gasteiger partial charge in [0.25, 0.3) is 5.91 Å². The van der Waals surface area contributed by atoms with E-state index < -0.39 is 0 Å². The fourth-order valence-corrected chi connectivity index (χ4v) is 4.98. The molecule has 2 aromatic carbocycles. The number of anilines is 1. The highest BCUT2D eigenvalue weighted by Crippen LogP contribution is 2.29. The SMILES string of the molecule is CC(C)c1nc(NC2CCC(NC(=O)c3ccccc3Cl)CC2)c2cnn(-c3cccc(Cl)c3)c2n1. The Hall–Kier alpha value is -3.16. The fraction of sp³-hybridized carbons (Fsp3) is 0.333. The molecule has 36 heavy (non-hydrogen) atoms. The Morgan fingerprint density at radius 2 is 1.75 bits per heavy atom. The van der Waals surface area contributed by atoms with Gasteiger partial charge in [-0.05, 0) is 56.0 Å². The third kappa shape index (κ3) is 5.18. The summed E-state index contributed by atoms with van der Waals surface area (Å²) in [5.41, 5.74) is 2.12. The standard InChI is InChI=1S/C27H28Cl2N6O/c1-16(2)24-33-25(22-15-30-35(26(22)34-24)20-7-5-6-17(28)14-20)31-18-10-12-19(13-11-18)32-27(36)21-8-3-4-9-23(21)29/h3-9,14-16,18-19H,10-13H2,1-2H3,(H,32,36)(H,31,33,34). The average molecular weight is 523 g/mol. The van der Waals surface area contributed by atoms with Gasteiger partial charge in [0.1, 0.15) is 11.6 Å². The number of amides is 1. The number of benzene rings is 2. The lowest BCUT2D eigenvalue weighted by Gasteiger charge is -2.30. The van der Waals surface area contributed by atoms with Crippen LogP contribution in [-0.2, 0) is 0 Å². The Morgan fingerprint density at radius 3 is 2.47 bits per heavy atom. The van der Waals surface area contributed by atoms with Crippen molar-refractivity contribution in [1.29, 1.82) is 0 Å². The van der Waals surface area contributed by atoms with Crippen LogP contribution in [0.4, 0.5) is 5.82 Å². The zero-order chi connectivity index (χ0) is 25.2. The molecule has 186 valence electrons. The number of hydrogen-bond acceptors (Lipinski definition) is 5. The van der Waals surface area contributed by atoms with Crippen LogP contribution in [0.1, 0.15) is 61.6 Å². The van der Waals surface area contributed by atoms with Gasteiger partial charge in [-0.2, -0.15) is 5.10 Å². The third-order valence-electron chi connectivity index (χ3n) is 6.54. The highest BCUT2D eigenvalue weighted by molar-refractivity contribution is 6.33. The first kappa shape index (κ1) is 24.5. The van der Waals surface area contributed by atoms with Crippen LogP contribution in [0, 0.1) is 0 Å². The number of hydrogen-bond donors (Lipinski definition) is 2. The van der Waals surface area contributed by atoms with Crippen LogP contribution in [-0.4, -0.2) is 37.7 Å². The maximum atomic E-state index is 12.6. The Bertz CT molecular complexity index is 1390. The van der Waals surface area contributed by atoms with Crippen LogP contribution in [0.5, 0.6) is 0 Å². The molecular weight excluding hydrogens is 495 g/mol. The van der Waals surface area contributed by atoms with Crippen molar-refractivity contribution >= 4 is 46.0 Å². The lowest BCUT2D eigenvalue weighted by Crippen LogP contribution is -2.40. The second-order valence-electron chi connectivity index (χ2n) is 9.50. The molecule has 4 aromatic rings. The molecule has 0 atom stereocenters. The second-order valence-corrected chi connectivity index (χ2v) is 10.3. The summed E-state index contributed by atoms with van der Waals surface area (Å²) in [7, 11) is 0. The Morgan fingerprint density at radius 1 is 1.00 bits per heavy atom. The molecular formula is C27H28Cl2N6O. The summed E-state index contributed by atoms with van der Waals surface area (Å²) in [5.74, 6) is 1.59. The number of nitrogens with zero attached hydrogens (tertiary/aromatic N) is 4. The largest absolute Gasteiger partial charge is 0.367 e. The number of carbonyl (C=O) groups excluding carboxylic acids is 1. The predicted molar refractivity (Wildman–Crippen MR) is 144 cm³/mol. The Kier molecular flexibility index (Phi) is 7.12. The number of rotatable bonds is 6. The molecule has 1 amide bonds. The van der Waals surface area contributed by atoms with Crippen molar-refractivity contribution in [3.63, 3.8) is 0 Å². The highest BCUT2D eigenvalue weighted by Gasteiger charge is 2.25. The van der Waals surface area contributed by atoms with Crippen LogP contribution < -0.4 is 10.6 Å². The second kappa shape index (κ2) is 10.4. The topological polar surface area (TPSA) is 84.7 Å². The van der Waals surface area contributed by atoms with E-state index in [0.29, 0.717) is 15.6 Å². The number of aromatic nitrogens is 4. The van der Waals surface area contributed by atoms with Gasteiger partial charge < -0.3 is 10.6 Å². The maximum absolute atomic E-state index is 12.6. The van der Waals surface area contributed by atoms with E-state index >= 15 is 0 Å². The van der Waals surface area contributed by atoms with Crippen molar-refractivity contribution in [2.24, 2.45) is 0 Å². The minimum Gasteiger partial charge on any atom is -0.367 e. The molecule has 2 aromatic heterocycles. The van der Waals surface area contributed by atoms with Gasteiger partial charge >= 0.3 is 0 Å². The van der Waals surface area contributed by atoms with Gasteiger partial charge in [0.15, 0.2) is 5.65 Å². The molecule has 2 heterocycles. The summed E-state index contributed by atoms with van der Waals surface area (Å²) in [6.45, 7) is 4.16. The summed E-state index contributed by atoms with van der Waals surface area (Å²) < 4.78 is 1.81. The zero-order valence-electron chi connectivity index (χ0n) is 20.2. The molecule has 0 spiro atoms. The molecule has 5 rings (SSSR count). The molecule has 1 aliphatic rings. The van der Waals surface area contributed by atoms with Gasteiger partial charge in [0, 0.05) is 23.0 Å². The number of fused-ring (bicyclic) bond motifs is 1. The zero-order valence-corrected chi connectivity index (χ0v) is 21.7. The van der Waals surface area contributed by atoms with Gasteiger partial charge in [-0.15, -0.1) is 0 Å². The van der Waals surface area contributed by atoms with Crippen LogP contribution in [0.3, 0.4) is 0 Å². The van der Waals surface area contributed by atoms with Gasteiger partial charge in [-0.3, -0.25) is 4.79 Å². The molecule has 1 saturated carbocycles. The van der Waals surface area contributed by atoms with Crippen molar-refractivity contribution in [3.8, 4) is 5.69 Å². The van der Waals surface area contributed by atoms with Crippen molar-refractivity contribution in [2.45, 2.75) is 57.5 Å². The summed E-state index contributed by atoms with van der Waals surface area (Å²) in [6, 6.07) is 15.1. The van der Waals surface area contributed by atoms with E-state index in [9.17, 15) is 4.79 Å². The van der Waals surface area contributed by atoms with Gasteiger partial charge in [0.05, 0.1) is 27.9 Å². The van der Waals surface area contributed by atoms with E-state index in [1.54, 1.807) is 23.0 Å². The van der Waals surface area contributed by atoms with E-state index in [-0.39, 0.29) is 23.9 Å². The predicted octanol–water partition coefficient (Wildman–Crippen LogP) is 6.40. The van der Waals surface area contributed by atoms with Crippen molar-refractivity contribution in [1.82, 2.24) is 25.1 Å². The molecule has 0 aliphatic heterocycles. The van der Waals surface area contributed by atoms with Crippen LogP contribution in [0.25, 0.3) is 16.7 Å². The van der Waals surface area contributed by atoms with E-state index in [4.69, 9.17) is 33.2 Å². The lowest BCUT2D eigenvalue weighted by atomic mass is 9.91. The number of nitrogens with one attached hydrogen (secondary N) is 2. The maximum Gasteiger partial charge on any atom is 0.253 e. The first-order valence-electron chi connectivity index (χ1n) is 12.2. The summed E-state index contributed by atoms with van der Waals surface area (Å²) in [5, 5.41) is 13.4. The Balaban J connectivity index is 1.32. The van der Waals surface area contributed by atoms with Gasteiger partial charge in [-0.1, -0.05) is 55.2 Å². The van der Waals surface area contributed by atoms with Crippen LogP contribution in [0.2, 0.25) is 10.0 Å². The fourth-order valence-electron chi connectivity index (χ4n) is 4.57. The summed E-state index contributed by atoms with van der Waals surface area (Å²) in [6.07, 6.45) is 5.39. The summed E-state index contributed by atoms with van der Waals surface area (Å²) in [4.78, 5) is 22.3. The van der Waals surface area contributed by atoms with E-state index in [0.717, 1.165) is 54.0 Å². The molecule has 9 heteroatoms. The Labute approximate surface area is 220 Å². The van der Waals surface area contributed by atoms with Crippen LogP contribution >= 0.6 is 23.2 Å². The summed E-state index contributed by atoms with van der Waals surface area (Å²) >= 11 is 12.4. The third-order valence-corrected chi connectivity index (χ3v) is 7.10. The molecule has 0 saturated heterocycles. The minimum absolute atomic E-state index is 0.119. The quantitative estimate of drug-likeness (QED) is 0.306. The normalized spacial score (nSPS) is 17.9. The van der Waals surface area contributed by atoms with Crippen molar-refractivity contribution < 1.29 is 4.79 Å². The molecule has 2 N–H and O–H groups in total. The molecule has 0 radical (unpaired) electrons. The number of halogens is 2. The van der Waals surface area contributed by atoms with E-state index in [2.05, 4.69) is 29.6 Å². The monoisotopic (exact) mass is 522 g/mol. The molecule has 0 bridgehead atoms. The first-order valence-corrected chi connectivity index (χ1v) is 13.0.